The number of hydrogen-bond acceptors (Lipinski definition) is 4. The highest BCUT2D eigenvalue weighted by Crippen LogP contribution is 2.20. The molecule has 0 unspecified atom stereocenters. The molecule has 0 fully saturated rings. The molecule has 0 aromatic carbocycles. The van der Waals surface area contributed by atoms with Crippen molar-refractivity contribution < 1.29 is 5.11 Å². The van der Waals surface area contributed by atoms with Crippen LogP contribution < -0.4 is 4.90 Å². The van der Waals surface area contributed by atoms with Gasteiger partial charge in [0.05, 0.1) is 18.5 Å². The van der Waals surface area contributed by atoms with Crippen LogP contribution in [0.15, 0.2) is 18.6 Å². The average Bonchev–Trinajstić information content (AvgIpc) is 2.61. The summed E-state index contributed by atoms with van der Waals surface area (Å²) in [6, 6.07) is 1.93. The summed E-state index contributed by atoms with van der Waals surface area (Å²) in [5.74, 6) is 0.808. The van der Waals surface area contributed by atoms with Crippen molar-refractivity contribution in [2.45, 2.75) is 0 Å². The number of hydrogen-bond donors (Lipinski definition) is 1. The van der Waals surface area contributed by atoms with E-state index >= 15 is 0 Å². The molecule has 0 radical (unpaired) electrons. The third-order valence-electron chi connectivity index (χ3n) is 2.42. The van der Waals surface area contributed by atoms with E-state index in [1.165, 1.54) is 0 Å². The van der Waals surface area contributed by atoms with E-state index in [0.29, 0.717) is 6.54 Å². The number of nitrogens with zero attached hydrogens (tertiary/aromatic N) is 4. The van der Waals surface area contributed by atoms with Gasteiger partial charge in [0.2, 0.25) is 0 Å². The molecule has 0 saturated carbocycles. The Bertz CT molecular complexity index is 465. The molecule has 2 heterocycles. The van der Waals surface area contributed by atoms with Gasteiger partial charge < -0.3 is 14.6 Å². The van der Waals surface area contributed by atoms with Crippen LogP contribution in [0, 0.1) is 0 Å². The van der Waals surface area contributed by atoms with Gasteiger partial charge in [-0.1, -0.05) is 0 Å². The molecule has 15 heavy (non-hydrogen) atoms. The minimum absolute atomic E-state index is 0.113. The highest BCUT2D eigenvalue weighted by molar-refractivity contribution is 5.86. The Morgan fingerprint density at radius 3 is 3.00 bits per heavy atom. The molecule has 0 saturated heterocycles. The van der Waals surface area contributed by atoms with Gasteiger partial charge in [0, 0.05) is 26.8 Å². The van der Waals surface area contributed by atoms with Crippen molar-refractivity contribution in [3.63, 3.8) is 0 Å². The lowest BCUT2D eigenvalue weighted by atomic mass is 10.3. The third kappa shape index (κ3) is 1.66. The molecule has 1 N–H and O–H groups in total. The van der Waals surface area contributed by atoms with Crippen LogP contribution in [0.4, 0.5) is 5.82 Å². The fourth-order valence-corrected chi connectivity index (χ4v) is 1.58. The molecule has 80 valence electrons. The molecule has 0 atom stereocenters. The zero-order valence-corrected chi connectivity index (χ0v) is 8.88. The largest absolute Gasteiger partial charge is 0.395 e. The van der Waals surface area contributed by atoms with Crippen molar-refractivity contribution in [2.75, 3.05) is 25.1 Å². The van der Waals surface area contributed by atoms with Crippen LogP contribution in [0.3, 0.4) is 0 Å². The maximum absolute atomic E-state index is 8.88. The summed E-state index contributed by atoms with van der Waals surface area (Å²) >= 11 is 0. The lowest BCUT2D eigenvalue weighted by Crippen LogP contribution is -2.22. The van der Waals surface area contributed by atoms with Crippen LogP contribution in [0.5, 0.6) is 0 Å². The normalized spacial score (nSPS) is 10.9. The Balaban J connectivity index is 2.51. The maximum Gasteiger partial charge on any atom is 0.156 e. The van der Waals surface area contributed by atoms with Gasteiger partial charge in [-0.15, -0.1) is 0 Å². The molecule has 0 aliphatic heterocycles. The zero-order chi connectivity index (χ0) is 10.8. The van der Waals surface area contributed by atoms with E-state index in [2.05, 4.69) is 9.97 Å². The van der Waals surface area contributed by atoms with Gasteiger partial charge in [-0.2, -0.15) is 0 Å². The molecule has 0 spiro atoms. The van der Waals surface area contributed by atoms with Crippen molar-refractivity contribution in [3.05, 3.63) is 18.6 Å². The highest BCUT2D eigenvalue weighted by atomic mass is 16.3. The van der Waals surface area contributed by atoms with Gasteiger partial charge in [-0.25, -0.2) is 9.97 Å². The lowest BCUT2D eigenvalue weighted by molar-refractivity contribution is 0.304. The molecule has 5 nitrogen and oxygen atoms in total. The first-order chi connectivity index (χ1) is 7.24. The van der Waals surface area contributed by atoms with Gasteiger partial charge >= 0.3 is 0 Å². The Hall–Kier alpha value is -1.62. The number of imidazole rings is 1. The number of aliphatic hydroxyl groups excluding tert-OH is 1. The summed E-state index contributed by atoms with van der Waals surface area (Å²) in [5.41, 5.74) is 1.92. The Morgan fingerprint density at radius 1 is 1.47 bits per heavy atom. The van der Waals surface area contributed by atoms with E-state index in [1.54, 1.807) is 12.5 Å². The lowest BCUT2D eigenvalue weighted by Gasteiger charge is -2.16. The molecule has 0 bridgehead atoms. The molecule has 0 amide bonds. The fraction of sp³-hybridized carbons (Fsp3) is 0.400. The Labute approximate surface area is 88.0 Å². The minimum atomic E-state index is 0.113. The number of aliphatic hydroxyl groups is 1. The van der Waals surface area contributed by atoms with E-state index in [0.717, 1.165) is 16.9 Å². The quantitative estimate of drug-likeness (QED) is 0.789. The van der Waals surface area contributed by atoms with E-state index in [9.17, 15) is 0 Å². The Morgan fingerprint density at radius 2 is 2.27 bits per heavy atom. The first-order valence-corrected chi connectivity index (χ1v) is 4.82. The maximum atomic E-state index is 8.88. The monoisotopic (exact) mass is 206 g/mol. The zero-order valence-electron chi connectivity index (χ0n) is 8.88. The number of pyridine rings is 1. The Kier molecular flexibility index (Phi) is 2.55. The van der Waals surface area contributed by atoms with Crippen LogP contribution in [-0.2, 0) is 7.05 Å². The van der Waals surface area contributed by atoms with Crippen LogP contribution in [0.1, 0.15) is 0 Å². The molecule has 0 aliphatic carbocycles. The second-order valence-corrected chi connectivity index (χ2v) is 3.50. The van der Waals surface area contributed by atoms with E-state index < -0.39 is 0 Å². The van der Waals surface area contributed by atoms with E-state index in [4.69, 9.17) is 5.11 Å². The third-order valence-corrected chi connectivity index (χ3v) is 2.42. The summed E-state index contributed by atoms with van der Waals surface area (Å²) in [7, 11) is 3.85. The standard InChI is InChI=1S/C10H14N4O/c1-13(5-6-15)10-9-8(3-4-11-10)14(2)7-12-9/h3-4,7,15H,5-6H2,1-2H3. The molecule has 5 heteroatoms. The van der Waals surface area contributed by atoms with Gasteiger partial charge in [-0.05, 0) is 6.07 Å². The predicted octanol–water partition coefficient (Wildman–Crippen LogP) is 0.397. The van der Waals surface area contributed by atoms with Crippen molar-refractivity contribution in [1.82, 2.24) is 14.5 Å². The van der Waals surface area contributed by atoms with Crippen molar-refractivity contribution in [3.8, 4) is 0 Å². The summed E-state index contributed by atoms with van der Waals surface area (Å²) in [5, 5.41) is 8.88. The van der Waals surface area contributed by atoms with E-state index in [-0.39, 0.29) is 6.61 Å². The smallest absolute Gasteiger partial charge is 0.156 e. The molecule has 0 aliphatic rings. The van der Waals surface area contributed by atoms with Gasteiger partial charge in [0.1, 0.15) is 5.52 Å². The first kappa shape index (κ1) is 9.92. The summed E-state index contributed by atoms with van der Waals surface area (Å²) in [4.78, 5) is 10.5. The number of anilines is 1. The topological polar surface area (TPSA) is 54.2 Å². The number of rotatable bonds is 3. The minimum Gasteiger partial charge on any atom is -0.395 e. The average molecular weight is 206 g/mol. The van der Waals surface area contributed by atoms with Crippen molar-refractivity contribution in [1.29, 1.82) is 0 Å². The van der Waals surface area contributed by atoms with Crippen molar-refractivity contribution in [2.24, 2.45) is 7.05 Å². The van der Waals surface area contributed by atoms with Gasteiger partial charge in [0.15, 0.2) is 5.82 Å². The number of aryl methyl sites for hydroxylation is 1. The second kappa shape index (κ2) is 3.86. The number of aromatic nitrogens is 3. The first-order valence-electron chi connectivity index (χ1n) is 4.82. The highest BCUT2D eigenvalue weighted by Gasteiger charge is 2.09. The van der Waals surface area contributed by atoms with Gasteiger partial charge in [-0.3, -0.25) is 0 Å². The second-order valence-electron chi connectivity index (χ2n) is 3.50. The van der Waals surface area contributed by atoms with E-state index in [1.807, 2.05) is 29.6 Å². The van der Waals surface area contributed by atoms with Crippen LogP contribution >= 0.6 is 0 Å². The number of likely N-dealkylation sites (N-methyl/N-ethyl adjacent to an activating group) is 1. The molecule has 2 aromatic rings. The molecular weight excluding hydrogens is 192 g/mol. The SMILES string of the molecule is CN(CCO)c1nccc2c1ncn2C. The summed E-state index contributed by atoms with van der Waals surface area (Å²) in [6.07, 6.45) is 3.52. The van der Waals surface area contributed by atoms with Crippen LogP contribution in [0.2, 0.25) is 0 Å². The molecule has 2 rings (SSSR count). The summed E-state index contributed by atoms with van der Waals surface area (Å²) < 4.78 is 1.95. The number of fused-ring (bicyclic) bond motifs is 1. The molecule has 2 aromatic heterocycles. The van der Waals surface area contributed by atoms with Crippen LogP contribution in [0.25, 0.3) is 11.0 Å². The molecular formula is C10H14N4O. The fourth-order valence-electron chi connectivity index (χ4n) is 1.58. The van der Waals surface area contributed by atoms with Crippen molar-refractivity contribution >= 4 is 16.9 Å². The van der Waals surface area contributed by atoms with Gasteiger partial charge in [0.25, 0.3) is 0 Å². The van der Waals surface area contributed by atoms with Crippen LogP contribution in [-0.4, -0.2) is 39.8 Å². The predicted molar refractivity (Wildman–Crippen MR) is 58.9 cm³/mol. The summed E-state index contributed by atoms with van der Waals surface area (Å²) in [6.45, 7) is 0.671.